The molecule has 0 unspecified atom stereocenters. The van der Waals surface area contributed by atoms with Crippen molar-refractivity contribution in [2.45, 2.75) is 37.8 Å². The summed E-state index contributed by atoms with van der Waals surface area (Å²) >= 11 is 0. The van der Waals surface area contributed by atoms with E-state index in [0.29, 0.717) is 12.0 Å². The van der Waals surface area contributed by atoms with Gasteiger partial charge < -0.3 is 10.1 Å². The molecule has 4 heteroatoms. The van der Waals surface area contributed by atoms with Crippen LogP contribution in [0.1, 0.15) is 25.7 Å². The smallest absolute Gasteiger partial charge is 0.323 e. The summed E-state index contributed by atoms with van der Waals surface area (Å²) in [5.74, 6) is 0.451. The minimum Gasteiger partial charge on any atom is -0.468 e. The third kappa shape index (κ3) is 1.97. The van der Waals surface area contributed by atoms with E-state index < -0.39 is 0 Å². The minimum atomic E-state index is -0.0793. The van der Waals surface area contributed by atoms with Crippen LogP contribution in [0.15, 0.2) is 0 Å². The van der Waals surface area contributed by atoms with E-state index in [0.717, 1.165) is 0 Å². The van der Waals surface area contributed by atoms with Gasteiger partial charge >= 0.3 is 5.97 Å². The Balaban J connectivity index is 0.000000845. The first kappa shape index (κ1) is 10.8. The third-order valence-corrected chi connectivity index (χ3v) is 3.11. The fourth-order valence-electron chi connectivity index (χ4n) is 2.40. The molecule has 1 aliphatic carbocycles. The highest BCUT2D eigenvalue weighted by Crippen LogP contribution is 2.33. The number of hydrogen-bond donors (Lipinski definition) is 1. The molecule has 2 aliphatic heterocycles. The lowest BCUT2D eigenvalue weighted by Crippen LogP contribution is -2.56. The maximum absolute atomic E-state index is 11.3. The van der Waals surface area contributed by atoms with Crippen molar-refractivity contribution in [1.82, 2.24) is 5.32 Å². The number of carbonyl (C=O) groups is 1. The van der Waals surface area contributed by atoms with Crippen LogP contribution >= 0.6 is 12.4 Å². The van der Waals surface area contributed by atoms with Crippen molar-refractivity contribution in [2.24, 2.45) is 5.92 Å². The number of piperidine rings is 2. The lowest BCUT2D eigenvalue weighted by molar-refractivity contribution is -0.147. The van der Waals surface area contributed by atoms with Crippen LogP contribution in [0.5, 0.6) is 0 Å². The summed E-state index contributed by atoms with van der Waals surface area (Å²) < 4.78 is 4.74. The number of hydrogen-bond acceptors (Lipinski definition) is 3. The Kier molecular flexibility index (Phi) is 3.56. The van der Waals surface area contributed by atoms with Gasteiger partial charge in [0.15, 0.2) is 0 Å². The highest BCUT2D eigenvalue weighted by Gasteiger charge is 2.39. The first-order chi connectivity index (χ1) is 5.81. The summed E-state index contributed by atoms with van der Waals surface area (Å²) in [4.78, 5) is 11.3. The van der Waals surface area contributed by atoms with Crippen molar-refractivity contribution in [3.8, 4) is 0 Å². The average molecular weight is 206 g/mol. The second-order valence-corrected chi connectivity index (χ2v) is 3.78. The van der Waals surface area contributed by atoms with Crippen molar-refractivity contribution < 1.29 is 9.53 Å². The molecular weight excluding hydrogens is 190 g/mol. The van der Waals surface area contributed by atoms with E-state index in [4.69, 9.17) is 4.74 Å². The Labute approximate surface area is 84.6 Å². The van der Waals surface area contributed by atoms with Gasteiger partial charge in [0, 0.05) is 6.04 Å². The standard InChI is InChI=1S/C9H15NO2.ClH/c1-12-9(11)8-6-2-4-7(10-8)5-3-6;/h6-8,10H,2-5H2,1H3;1H/t6?,7?,8-;/m1./s1. The summed E-state index contributed by atoms with van der Waals surface area (Å²) in [6.45, 7) is 0. The largest absolute Gasteiger partial charge is 0.468 e. The molecular formula is C9H16ClNO2. The van der Waals surface area contributed by atoms with Gasteiger partial charge in [0.2, 0.25) is 0 Å². The van der Waals surface area contributed by atoms with Gasteiger partial charge in [-0.1, -0.05) is 0 Å². The third-order valence-electron chi connectivity index (χ3n) is 3.11. The Bertz CT molecular complexity index is 190. The molecule has 1 N–H and O–H groups in total. The van der Waals surface area contributed by atoms with Crippen molar-refractivity contribution >= 4 is 18.4 Å². The van der Waals surface area contributed by atoms with E-state index in [2.05, 4.69) is 5.32 Å². The van der Waals surface area contributed by atoms with E-state index in [-0.39, 0.29) is 24.4 Å². The van der Waals surface area contributed by atoms with Gasteiger partial charge in [-0.2, -0.15) is 0 Å². The van der Waals surface area contributed by atoms with Gasteiger partial charge in [-0.25, -0.2) is 0 Å². The monoisotopic (exact) mass is 205 g/mol. The molecule has 3 nitrogen and oxygen atoms in total. The molecule has 0 amide bonds. The topological polar surface area (TPSA) is 38.3 Å². The van der Waals surface area contributed by atoms with Crippen LogP contribution in [0, 0.1) is 5.92 Å². The molecule has 0 aromatic rings. The van der Waals surface area contributed by atoms with E-state index in [1.54, 1.807) is 0 Å². The molecule has 2 heterocycles. The molecule has 2 saturated heterocycles. The number of nitrogens with one attached hydrogen (secondary N) is 1. The molecule has 3 rings (SSSR count). The highest BCUT2D eigenvalue weighted by molar-refractivity contribution is 5.85. The Morgan fingerprint density at radius 2 is 1.92 bits per heavy atom. The molecule has 76 valence electrons. The average Bonchev–Trinajstić information content (AvgIpc) is 2.18. The fraction of sp³-hybridized carbons (Fsp3) is 0.889. The zero-order valence-corrected chi connectivity index (χ0v) is 8.60. The molecule has 13 heavy (non-hydrogen) atoms. The second kappa shape index (κ2) is 4.29. The summed E-state index contributed by atoms with van der Waals surface area (Å²) in [5, 5.41) is 3.33. The van der Waals surface area contributed by atoms with Crippen LogP contribution < -0.4 is 5.32 Å². The van der Waals surface area contributed by atoms with Crippen molar-refractivity contribution in [1.29, 1.82) is 0 Å². The molecule has 0 radical (unpaired) electrons. The fourth-order valence-corrected chi connectivity index (χ4v) is 2.40. The maximum atomic E-state index is 11.3. The molecule has 3 fully saturated rings. The number of fused-ring (bicyclic) bond motifs is 3. The van der Waals surface area contributed by atoms with Gasteiger partial charge in [0.1, 0.15) is 6.04 Å². The first-order valence-corrected chi connectivity index (χ1v) is 4.65. The van der Waals surface area contributed by atoms with Crippen LogP contribution in [-0.2, 0) is 9.53 Å². The number of ether oxygens (including phenoxy) is 1. The lowest BCUT2D eigenvalue weighted by atomic mass is 9.76. The van der Waals surface area contributed by atoms with Crippen LogP contribution in [0.3, 0.4) is 0 Å². The number of esters is 1. The van der Waals surface area contributed by atoms with Gasteiger partial charge in [0.05, 0.1) is 7.11 Å². The van der Waals surface area contributed by atoms with Crippen LogP contribution in [0.2, 0.25) is 0 Å². The SMILES string of the molecule is COC(=O)[C@@H]1NC2CCC1CC2.Cl. The van der Waals surface area contributed by atoms with Gasteiger partial charge in [-0.3, -0.25) is 4.79 Å². The lowest BCUT2D eigenvalue weighted by Gasteiger charge is -2.41. The predicted octanol–water partition coefficient (Wildman–Crippen LogP) is 1.11. The minimum absolute atomic E-state index is 0. The van der Waals surface area contributed by atoms with Crippen molar-refractivity contribution in [3.05, 3.63) is 0 Å². The molecule has 3 aliphatic rings. The molecule has 1 atom stereocenters. The van der Waals surface area contributed by atoms with Crippen molar-refractivity contribution in [3.63, 3.8) is 0 Å². The van der Waals surface area contributed by atoms with E-state index in [1.165, 1.54) is 32.8 Å². The van der Waals surface area contributed by atoms with Crippen LogP contribution in [0.4, 0.5) is 0 Å². The normalized spacial score (nSPS) is 36.5. The van der Waals surface area contributed by atoms with E-state index in [1.807, 2.05) is 0 Å². The number of carbonyl (C=O) groups excluding carboxylic acids is 1. The quantitative estimate of drug-likeness (QED) is 0.652. The predicted molar refractivity (Wildman–Crippen MR) is 51.9 cm³/mol. The van der Waals surface area contributed by atoms with Crippen molar-refractivity contribution in [2.75, 3.05) is 7.11 Å². The summed E-state index contributed by atoms with van der Waals surface area (Å²) in [6, 6.07) is 0.557. The Morgan fingerprint density at radius 1 is 1.31 bits per heavy atom. The zero-order chi connectivity index (χ0) is 8.55. The Hall–Kier alpha value is -0.280. The van der Waals surface area contributed by atoms with E-state index >= 15 is 0 Å². The Morgan fingerprint density at radius 3 is 2.31 bits per heavy atom. The van der Waals surface area contributed by atoms with Gasteiger partial charge in [-0.05, 0) is 31.6 Å². The first-order valence-electron chi connectivity index (χ1n) is 4.65. The molecule has 0 aromatic carbocycles. The number of halogens is 1. The van der Waals surface area contributed by atoms with Crippen LogP contribution in [-0.4, -0.2) is 25.2 Å². The van der Waals surface area contributed by atoms with E-state index in [9.17, 15) is 4.79 Å². The number of rotatable bonds is 1. The van der Waals surface area contributed by atoms with Gasteiger partial charge in [-0.15, -0.1) is 12.4 Å². The maximum Gasteiger partial charge on any atom is 0.323 e. The summed E-state index contributed by atoms with van der Waals surface area (Å²) in [6.07, 6.45) is 4.85. The summed E-state index contributed by atoms with van der Waals surface area (Å²) in [5.41, 5.74) is 0. The molecule has 1 saturated carbocycles. The van der Waals surface area contributed by atoms with Crippen LogP contribution in [0.25, 0.3) is 0 Å². The second-order valence-electron chi connectivity index (χ2n) is 3.78. The summed E-state index contributed by atoms with van der Waals surface area (Å²) in [7, 11) is 1.46. The molecule has 0 aromatic heterocycles. The zero-order valence-electron chi connectivity index (χ0n) is 7.79. The van der Waals surface area contributed by atoms with Gasteiger partial charge in [0.25, 0.3) is 0 Å². The molecule has 0 spiro atoms. The number of methoxy groups -OCH3 is 1. The highest BCUT2D eigenvalue weighted by atomic mass is 35.5. The molecule has 2 bridgehead atoms.